The number of carbonyl (C=O) groups excluding carboxylic acids is 1. The molecule has 1 atom stereocenters. The highest BCUT2D eigenvalue weighted by molar-refractivity contribution is 7.97. The van der Waals surface area contributed by atoms with Crippen molar-refractivity contribution in [2.45, 2.75) is 5.75 Å². The highest BCUT2D eigenvalue weighted by Gasteiger charge is 2.07. The normalized spacial score (nSPS) is 12.1. The fourth-order valence-corrected chi connectivity index (χ4v) is 3.04. The van der Waals surface area contributed by atoms with E-state index in [9.17, 15) is 9.00 Å². The Balaban J connectivity index is 2.19. The zero-order valence-corrected chi connectivity index (χ0v) is 11.6. The van der Waals surface area contributed by atoms with Crippen molar-refractivity contribution in [3.63, 3.8) is 0 Å². The maximum atomic E-state index is 11.6. The summed E-state index contributed by atoms with van der Waals surface area (Å²) in [6.07, 6.45) is 1.75. The third kappa shape index (κ3) is 5.84. The van der Waals surface area contributed by atoms with E-state index in [2.05, 4.69) is 20.2 Å². The SMILES string of the molecule is CSNC(=O)NCCS(=O)Cc1nnc(N)s1. The minimum Gasteiger partial charge on any atom is -0.374 e. The number of anilines is 1. The van der Waals surface area contributed by atoms with Crippen LogP contribution in [0.2, 0.25) is 0 Å². The van der Waals surface area contributed by atoms with E-state index in [1.54, 1.807) is 6.26 Å². The second-order valence-corrected chi connectivity index (χ2v) is 6.17. The number of carbonyl (C=O) groups is 1. The summed E-state index contributed by atoms with van der Waals surface area (Å²) < 4.78 is 14.1. The van der Waals surface area contributed by atoms with Crippen molar-refractivity contribution >= 4 is 45.2 Å². The smallest absolute Gasteiger partial charge is 0.324 e. The number of nitrogen functional groups attached to an aromatic ring is 1. The van der Waals surface area contributed by atoms with E-state index >= 15 is 0 Å². The molecule has 17 heavy (non-hydrogen) atoms. The van der Waals surface area contributed by atoms with Crippen LogP contribution in [-0.4, -0.2) is 39.0 Å². The Morgan fingerprint density at radius 1 is 1.59 bits per heavy atom. The molecule has 0 bridgehead atoms. The third-order valence-corrected chi connectivity index (χ3v) is 4.16. The van der Waals surface area contributed by atoms with Gasteiger partial charge in [0.05, 0.1) is 5.75 Å². The van der Waals surface area contributed by atoms with Gasteiger partial charge in [-0.15, -0.1) is 10.2 Å². The first-order chi connectivity index (χ1) is 8.11. The lowest BCUT2D eigenvalue weighted by Gasteiger charge is -2.04. The summed E-state index contributed by atoms with van der Waals surface area (Å²) in [5.74, 6) is 0.696. The molecule has 0 radical (unpaired) electrons. The van der Waals surface area contributed by atoms with Gasteiger partial charge in [0.1, 0.15) is 5.01 Å². The maximum Gasteiger partial charge on any atom is 0.324 e. The molecule has 7 nitrogen and oxygen atoms in total. The van der Waals surface area contributed by atoms with Gasteiger partial charge in [0.2, 0.25) is 5.13 Å². The number of amides is 2. The zero-order valence-electron chi connectivity index (χ0n) is 9.13. The van der Waals surface area contributed by atoms with Gasteiger partial charge in [0.15, 0.2) is 0 Å². The Bertz CT molecular complexity index is 397. The first-order valence-corrected chi connectivity index (χ1v) is 8.14. The van der Waals surface area contributed by atoms with Gasteiger partial charge in [-0.1, -0.05) is 23.3 Å². The summed E-state index contributed by atoms with van der Waals surface area (Å²) in [4.78, 5) is 11.0. The van der Waals surface area contributed by atoms with Crippen LogP contribution in [0.3, 0.4) is 0 Å². The van der Waals surface area contributed by atoms with E-state index in [4.69, 9.17) is 5.73 Å². The van der Waals surface area contributed by atoms with Gasteiger partial charge in [-0.3, -0.25) is 8.93 Å². The van der Waals surface area contributed by atoms with Crippen LogP contribution in [0.15, 0.2) is 0 Å². The van der Waals surface area contributed by atoms with Crippen molar-refractivity contribution in [2.24, 2.45) is 0 Å². The molecule has 0 aliphatic carbocycles. The lowest BCUT2D eigenvalue weighted by Crippen LogP contribution is -2.33. The molecule has 2 amide bonds. The molecule has 1 aromatic rings. The molecular formula is C7H13N5O2S3. The minimum atomic E-state index is -1.07. The first kappa shape index (κ1) is 14.2. The second kappa shape index (κ2) is 7.45. The highest BCUT2D eigenvalue weighted by atomic mass is 32.2. The molecule has 0 fully saturated rings. The van der Waals surface area contributed by atoms with E-state index in [1.165, 1.54) is 23.3 Å². The van der Waals surface area contributed by atoms with Gasteiger partial charge in [-0.2, -0.15) is 0 Å². The van der Waals surface area contributed by atoms with Gasteiger partial charge >= 0.3 is 6.03 Å². The van der Waals surface area contributed by atoms with E-state index in [1.807, 2.05) is 0 Å². The number of rotatable bonds is 6. The Morgan fingerprint density at radius 2 is 2.35 bits per heavy atom. The van der Waals surface area contributed by atoms with Crippen molar-refractivity contribution in [1.82, 2.24) is 20.2 Å². The van der Waals surface area contributed by atoms with Gasteiger partial charge in [-0.25, -0.2) is 4.79 Å². The molecule has 0 saturated heterocycles. The van der Waals surface area contributed by atoms with Gasteiger partial charge in [0.25, 0.3) is 0 Å². The molecule has 0 aromatic carbocycles. The fourth-order valence-electron chi connectivity index (χ4n) is 0.942. The Hall–Kier alpha value is -0.870. The monoisotopic (exact) mass is 295 g/mol. The quantitative estimate of drug-likeness (QED) is 0.635. The molecule has 1 aromatic heterocycles. The average molecular weight is 295 g/mol. The number of nitrogens with zero attached hydrogens (tertiary/aromatic N) is 2. The van der Waals surface area contributed by atoms with Crippen molar-refractivity contribution in [3.05, 3.63) is 5.01 Å². The van der Waals surface area contributed by atoms with E-state index < -0.39 is 10.8 Å². The van der Waals surface area contributed by atoms with E-state index in [-0.39, 0.29) is 6.03 Å². The topological polar surface area (TPSA) is 110 Å². The maximum absolute atomic E-state index is 11.6. The van der Waals surface area contributed by atoms with Crippen LogP contribution >= 0.6 is 23.3 Å². The summed E-state index contributed by atoms with van der Waals surface area (Å²) in [7, 11) is -1.07. The van der Waals surface area contributed by atoms with E-state index in [0.29, 0.717) is 28.2 Å². The molecule has 1 heterocycles. The van der Waals surface area contributed by atoms with Gasteiger partial charge in [-0.05, 0) is 0 Å². The number of aromatic nitrogens is 2. The molecule has 1 unspecified atom stereocenters. The average Bonchev–Trinajstić information content (AvgIpc) is 2.64. The minimum absolute atomic E-state index is 0.283. The molecule has 0 aliphatic heterocycles. The predicted octanol–water partition coefficient (Wildman–Crippen LogP) is -0.0538. The predicted molar refractivity (Wildman–Crippen MR) is 71.1 cm³/mol. The Labute approximate surface area is 110 Å². The molecule has 0 spiro atoms. The third-order valence-electron chi connectivity index (χ3n) is 1.58. The summed E-state index contributed by atoms with van der Waals surface area (Å²) in [6, 6.07) is -0.283. The number of hydrogen-bond acceptors (Lipinski definition) is 7. The zero-order chi connectivity index (χ0) is 12.7. The lowest BCUT2D eigenvalue weighted by molar-refractivity contribution is 0.247. The molecule has 10 heteroatoms. The van der Waals surface area contributed by atoms with Crippen LogP contribution < -0.4 is 15.8 Å². The van der Waals surface area contributed by atoms with Crippen LogP contribution in [0, 0.1) is 0 Å². The van der Waals surface area contributed by atoms with Crippen molar-refractivity contribution in [3.8, 4) is 0 Å². The standard InChI is InChI=1S/C7H13N5O2S3/c1-15-12-7(13)9-2-3-17(14)4-5-10-11-6(8)16-5/h2-4H2,1H3,(H2,8,11)(H2,9,12,13). The Kier molecular flexibility index (Phi) is 6.22. The second-order valence-electron chi connectivity index (χ2n) is 2.88. The number of urea groups is 1. The van der Waals surface area contributed by atoms with Crippen molar-refractivity contribution < 1.29 is 9.00 Å². The molecule has 1 rings (SSSR count). The summed E-state index contributed by atoms with van der Waals surface area (Å²) >= 11 is 2.43. The van der Waals surface area contributed by atoms with Crippen molar-refractivity contribution in [1.29, 1.82) is 0 Å². The summed E-state index contributed by atoms with van der Waals surface area (Å²) in [6.45, 7) is 0.354. The first-order valence-electron chi connectivity index (χ1n) is 4.61. The van der Waals surface area contributed by atoms with Crippen molar-refractivity contribution in [2.75, 3.05) is 24.3 Å². The largest absolute Gasteiger partial charge is 0.374 e. The molecule has 96 valence electrons. The van der Waals surface area contributed by atoms with Crippen LogP contribution in [0.5, 0.6) is 0 Å². The summed E-state index contributed by atoms with van der Waals surface area (Å²) in [5, 5.41) is 11.0. The molecule has 0 saturated carbocycles. The molecule has 0 aliphatic rings. The van der Waals surface area contributed by atoms with Crippen LogP contribution in [0.25, 0.3) is 0 Å². The van der Waals surface area contributed by atoms with Crippen LogP contribution in [-0.2, 0) is 16.6 Å². The van der Waals surface area contributed by atoms with Crippen LogP contribution in [0.4, 0.5) is 9.93 Å². The van der Waals surface area contributed by atoms with Gasteiger partial charge < -0.3 is 11.1 Å². The van der Waals surface area contributed by atoms with E-state index in [0.717, 1.165) is 0 Å². The molecule has 4 N–H and O–H groups in total. The van der Waals surface area contributed by atoms with Crippen LogP contribution in [0.1, 0.15) is 5.01 Å². The molecular weight excluding hydrogens is 282 g/mol. The lowest BCUT2D eigenvalue weighted by atomic mass is 10.7. The Morgan fingerprint density at radius 3 is 2.94 bits per heavy atom. The summed E-state index contributed by atoms with van der Waals surface area (Å²) in [5.41, 5.74) is 5.41. The van der Waals surface area contributed by atoms with Gasteiger partial charge in [0, 0.05) is 29.4 Å². The number of nitrogens with one attached hydrogen (secondary N) is 2. The number of nitrogens with two attached hydrogens (primary N) is 1. The highest BCUT2D eigenvalue weighted by Crippen LogP contribution is 2.12. The fraction of sp³-hybridized carbons (Fsp3) is 0.571. The number of hydrogen-bond donors (Lipinski definition) is 3.